The second-order valence-corrected chi connectivity index (χ2v) is 10.3. The molecule has 32 heavy (non-hydrogen) atoms. The molecule has 0 radical (unpaired) electrons. The quantitative estimate of drug-likeness (QED) is 0.594. The van der Waals surface area contributed by atoms with Gasteiger partial charge in [-0.15, -0.1) is 0 Å². The van der Waals surface area contributed by atoms with Crippen LogP contribution in [0.2, 0.25) is 0 Å². The molecule has 0 aromatic heterocycles. The van der Waals surface area contributed by atoms with Gasteiger partial charge in [-0.3, -0.25) is 9.69 Å². The van der Waals surface area contributed by atoms with Crippen molar-refractivity contribution in [3.05, 3.63) is 66.2 Å². The van der Waals surface area contributed by atoms with Gasteiger partial charge in [0.1, 0.15) is 12.7 Å². The highest BCUT2D eigenvalue weighted by molar-refractivity contribution is 7.89. The SMILES string of the molecule is O=C(OCC1CN(Cc2ccccc2)CCO1)C1CCN(S(=O)(=O)c2ccccc2)CC1. The van der Waals surface area contributed by atoms with E-state index < -0.39 is 10.0 Å². The third-order valence-corrected chi connectivity index (χ3v) is 7.96. The van der Waals surface area contributed by atoms with Crippen molar-refractivity contribution < 1.29 is 22.7 Å². The number of sulfonamides is 1. The second-order valence-electron chi connectivity index (χ2n) is 8.33. The molecule has 2 aromatic rings. The first-order valence-electron chi connectivity index (χ1n) is 11.1. The minimum atomic E-state index is -3.52. The van der Waals surface area contributed by atoms with Crippen LogP contribution in [0, 0.1) is 5.92 Å². The topological polar surface area (TPSA) is 76.2 Å². The van der Waals surface area contributed by atoms with E-state index in [1.807, 2.05) is 18.2 Å². The number of piperidine rings is 1. The van der Waals surface area contributed by atoms with Crippen molar-refractivity contribution in [1.29, 1.82) is 0 Å². The summed E-state index contributed by atoms with van der Waals surface area (Å²) in [5.41, 5.74) is 1.25. The van der Waals surface area contributed by atoms with E-state index in [4.69, 9.17) is 9.47 Å². The Balaban J connectivity index is 1.22. The first-order valence-corrected chi connectivity index (χ1v) is 12.6. The Morgan fingerprint density at radius 1 is 0.969 bits per heavy atom. The molecule has 7 nitrogen and oxygen atoms in total. The number of carbonyl (C=O) groups excluding carboxylic acids is 1. The Kier molecular flexibility index (Phi) is 7.57. The van der Waals surface area contributed by atoms with Crippen LogP contribution in [-0.2, 0) is 30.8 Å². The van der Waals surface area contributed by atoms with E-state index >= 15 is 0 Å². The first kappa shape index (κ1) is 22.9. The fraction of sp³-hybridized carbons (Fsp3) is 0.458. The van der Waals surface area contributed by atoms with Gasteiger partial charge in [-0.1, -0.05) is 48.5 Å². The highest BCUT2D eigenvalue weighted by atomic mass is 32.2. The number of morpholine rings is 1. The van der Waals surface area contributed by atoms with Crippen molar-refractivity contribution in [3.63, 3.8) is 0 Å². The molecule has 0 aliphatic carbocycles. The van der Waals surface area contributed by atoms with E-state index in [-0.39, 0.29) is 29.5 Å². The summed E-state index contributed by atoms with van der Waals surface area (Å²) >= 11 is 0. The van der Waals surface area contributed by atoms with Gasteiger partial charge in [0, 0.05) is 32.7 Å². The molecule has 2 saturated heterocycles. The van der Waals surface area contributed by atoms with Crippen LogP contribution >= 0.6 is 0 Å². The molecular weight excluding hydrogens is 428 g/mol. The normalized spacial score (nSPS) is 21.3. The van der Waals surface area contributed by atoms with Gasteiger partial charge >= 0.3 is 5.97 Å². The number of rotatable bonds is 7. The van der Waals surface area contributed by atoms with Crippen LogP contribution < -0.4 is 0 Å². The zero-order valence-corrected chi connectivity index (χ0v) is 19.0. The third-order valence-electron chi connectivity index (χ3n) is 6.05. The van der Waals surface area contributed by atoms with Crippen LogP contribution in [0.15, 0.2) is 65.6 Å². The third kappa shape index (κ3) is 5.75. The zero-order chi connectivity index (χ0) is 22.4. The predicted octanol–water partition coefficient (Wildman–Crippen LogP) is 2.53. The smallest absolute Gasteiger partial charge is 0.309 e. The molecule has 2 fully saturated rings. The molecule has 0 spiro atoms. The summed E-state index contributed by atoms with van der Waals surface area (Å²) in [4.78, 5) is 15.2. The van der Waals surface area contributed by atoms with E-state index in [0.717, 1.165) is 19.6 Å². The van der Waals surface area contributed by atoms with Gasteiger partial charge < -0.3 is 9.47 Å². The molecular formula is C24H30N2O5S. The van der Waals surface area contributed by atoms with Gasteiger partial charge in [0.2, 0.25) is 10.0 Å². The summed E-state index contributed by atoms with van der Waals surface area (Å²) in [7, 11) is -3.52. The predicted molar refractivity (Wildman–Crippen MR) is 120 cm³/mol. The van der Waals surface area contributed by atoms with Crippen LogP contribution in [0.3, 0.4) is 0 Å². The molecule has 1 atom stereocenters. The average Bonchev–Trinajstić information content (AvgIpc) is 2.84. The Morgan fingerprint density at radius 3 is 2.31 bits per heavy atom. The van der Waals surface area contributed by atoms with Crippen LogP contribution in [0.4, 0.5) is 0 Å². The van der Waals surface area contributed by atoms with Gasteiger partial charge in [0.05, 0.1) is 17.4 Å². The minimum absolute atomic E-state index is 0.144. The van der Waals surface area contributed by atoms with Gasteiger partial charge in [0.15, 0.2) is 0 Å². The number of nitrogens with zero attached hydrogens (tertiary/aromatic N) is 2. The molecule has 2 aliphatic heterocycles. The summed E-state index contributed by atoms with van der Waals surface area (Å²) in [6, 6.07) is 18.7. The van der Waals surface area contributed by atoms with Crippen LogP contribution in [0.1, 0.15) is 18.4 Å². The van der Waals surface area contributed by atoms with Crippen molar-refractivity contribution in [3.8, 4) is 0 Å². The zero-order valence-electron chi connectivity index (χ0n) is 18.1. The maximum Gasteiger partial charge on any atom is 0.309 e. The lowest BCUT2D eigenvalue weighted by Gasteiger charge is -2.33. The highest BCUT2D eigenvalue weighted by Crippen LogP contribution is 2.24. The van der Waals surface area contributed by atoms with Gasteiger partial charge in [0.25, 0.3) is 0 Å². The summed E-state index contributed by atoms with van der Waals surface area (Å²) in [6.07, 6.45) is 0.794. The lowest BCUT2D eigenvalue weighted by Crippen LogP contribution is -2.45. The second kappa shape index (κ2) is 10.6. The summed E-state index contributed by atoms with van der Waals surface area (Å²) in [6.45, 7) is 3.91. The molecule has 2 aliphatic rings. The van der Waals surface area contributed by atoms with E-state index in [9.17, 15) is 13.2 Å². The number of benzene rings is 2. The number of ether oxygens (including phenoxy) is 2. The summed E-state index contributed by atoms with van der Waals surface area (Å²) in [5, 5.41) is 0. The largest absolute Gasteiger partial charge is 0.463 e. The monoisotopic (exact) mass is 458 g/mol. The fourth-order valence-electron chi connectivity index (χ4n) is 4.23. The molecule has 8 heteroatoms. The van der Waals surface area contributed by atoms with E-state index in [1.165, 1.54) is 9.87 Å². The van der Waals surface area contributed by atoms with Crippen molar-refractivity contribution >= 4 is 16.0 Å². The van der Waals surface area contributed by atoms with Crippen LogP contribution in [0.25, 0.3) is 0 Å². The Labute approximate surface area is 190 Å². The molecule has 0 N–H and O–H groups in total. The number of carbonyl (C=O) groups is 1. The fourth-order valence-corrected chi connectivity index (χ4v) is 5.72. The summed E-state index contributed by atoms with van der Waals surface area (Å²) < 4.78 is 38.3. The van der Waals surface area contributed by atoms with Gasteiger partial charge in [-0.25, -0.2) is 8.42 Å². The molecule has 1 unspecified atom stereocenters. The van der Waals surface area contributed by atoms with E-state index in [1.54, 1.807) is 30.3 Å². The van der Waals surface area contributed by atoms with Crippen LogP contribution in [0.5, 0.6) is 0 Å². The molecule has 4 rings (SSSR count). The lowest BCUT2D eigenvalue weighted by atomic mass is 9.98. The van der Waals surface area contributed by atoms with Gasteiger partial charge in [-0.05, 0) is 30.5 Å². The first-order chi connectivity index (χ1) is 15.5. The van der Waals surface area contributed by atoms with Crippen molar-refractivity contribution in [2.24, 2.45) is 5.92 Å². The van der Waals surface area contributed by atoms with Crippen LogP contribution in [-0.4, -0.2) is 69.1 Å². The van der Waals surface area contributed by atoms with Crippen molar-refractivity contribution in [1.82, 2.24) is 9.21 Å². The number of hydrogen-bond donors (Lipinski definition) is 0. The molecule has 0 saturated carbocycles. The molecule has 2 aromatic carbocycles. The molecule has 172 valence electrons. The Morgan fingerprint density at radius 2 is 1.62 bits per heavy atom. The molecule has 0 amide bonds. The number of hydrogen-bond acceptors (Lipinski definition) is 6. The molecule has 2 heterocycles. The maximum atomic E-state index is 12.7. The van der Waals surface area contributed by atoms with E-state index in [0.29, 0.717) is 32.5 Å². The highest BCUT2D eigenvalue weighted by Gasteiger charge is 2.33. The lowest BCUT2D eigenvalue weighted by molar-refractivity contribution is -0.156. The minimum Gasteiger partial charge on any atom is -0.463 e. The Hall–Kier alpha value is -2.26. The maximum absolute atomic E-state index is 12.7. The Bertz CT molecular complexity index is 976. The van der Waals surface area contributed by atoms with Crippen molar-refractivity contribution in [2.75, 3.05) is 39.4 Å². The van der Waals surface area contributed by atoms with Crippen molar-refractivity contribution in [2.45, 2.75) is 30.4 Å². The van der Waals surface area contributed by atoms with E-state index in [2.05, 4.69) is 17.0 Å². The summed E-state index contributed by atoms with van der Waals surface area (Å²) in [5.74, 6) is -0.535. The standard InChI is InChI=1S/C24H30N2O5S/c27-24(21-11-13-26(14-12-21)32(28,29)23-9-5-2-6-10-23)31-19-22-18-25(15-16-30-22)17-20-7-3-1-4-8-20/h1-10,21-22H,11-19H2. The molecule has 0 bridgehead atoms. The number of esters is 1. The van der Waals surface area contributed by atoms with Gasteiger partial charge in [-0.2, -0.15) is 4.31 Å². The average molecular weight is 459 g/mol.